The van der Waals surface area contributed by atoms with Gasteiger partial charge in [0.05, 0.1) is 0 Å². The number of hydrogen-bond donors (Lipinski definition) is 0. The molecule has 6 heterocycles. The van der Waals surface area contributed by atoms with Gasteiger partial charge in [-0.3, -0.25) is 4.90 Å². The van der Waals surface area contributed by atoms with E-state index in [1.165, 1.54) is 31.5 Å². The minimum absolute atomic E-state index is 0.0503. The summed E-state index contributed by atoms with van der Waals surface area (Å²) in [5, 5.41) is 0.403. The molecule has 0 amide bonds. The summed E-state index contributed by atoms with van der Waals surface area (Å²) in [4.78, 5) is 7.06. The maximum atomic E-state index is 6.36. The third-order valence-corrected chi connectivity index (χ3v) is 5.60. The zero-order valence-electron chi connectivity index (χ0n) is 12.2. The lowest BCUT2D eigenvalue weighted by molar-refractivity contribution is -0.0814. The summed E-state index contributed by atoms with van der Waals surface area (Å²) in [6.07, 6.45) is 5.26. The molecular formula is C17H17ClN2O2. The van der Waals surface area contributed by atoms with Crippen LogP contribution in [0.1, 0.15) is 18.4 Å². The number of aromatic nitrogens is 1. The van der Waals surface area contributed by atoms with Crippen molar-refractivity contribution in [2.24, 2.45) is 5.92 Å². The molecule has 22 heavy (non-hydrogen) atoms. The van der Waals surface area contributed by atoms with Crippen LogP contribution in [0.2, 0.25) is 5.22 Å². The van der Waals surface area contributed by atoms with E-state index in [2.05, 4.69) is 16.0 Å². The Bertz CT molecular complexity index is 736. The number of ether oxygens (including phenoxy) is 1. The molecule has 4 aliphatic rings. The van der Waals surface area contributed by atoms with Crippen LogP contribution >= 0.6 is 11.6 Å². The van der Waals surface area contributed by atoms with Crippen molar-refractivity contribution in [2.75, 3.05) is 19.6 Å². The lowest BCUT2D eigenvalue weighted by atomic mass is 9.73. The van der Waals surface area contributed by atoms with Crippen molar-refractivity contribution in [1.29, 1.82) is 0 Å². The monoisotopic (exact) mass is 316 g/mol. The zero-order valence-corrected chi connectivity index (χ0v) is 13.0. The fourth-order valence-corrected chi connectivity index (χ4v) is 4.46. The molecule has 114 valence electrons. The van der Waals surface area contributed by atoms with Crippen LogP contribution < -0.4 is 4.74 Å². The predicted octanol–water partition coefficient (Wildman–Crippen LogP) is 3.39. The zero-order chi connectivity index (χ0) is 14.7. The maximum Gasteiger partial charge on any atom is 0.217 e. The average molecular weight is 317 g/mol. The first-order valence-electron chi connectivity index (χ1n) is 7.88. The van der Waals surface area contributed by atoms with Crippen LogP contribution in [-0.4, -0.2) is 35.1 Å². The molecule has 1 atom stereocenters. The summed E-state index contributed by atoms with van der Waals surface area (Å²) in [6.45, 7) is 3.47. The molecular weight excluding hydrogens is 300 g/mol. The molecule has 0 aromatic carbocycles. The van der Waals surface area contributed by atoms with Crippen LogP contribution in [0, 0.1) is 5.92 Å². The van der Waals surface area contributed by atoms with Crippen molar-refractivity contribution in [1.82, 2.24) is 9.88 Å². The van der Waals surface area contributed by atoms with E-state index in [1.807, 2.05) is 12.3 Å². The Labute approximate surface area is 134 Å². The molecule has 1 spiro atoms. The smallest absolute Gasteiger partial charge is 0.217 e. The second-order valence-electron chi connectivity index (χ2n) is 6.69. The van der Waals surface area contributed by atoms with Gasteiger partial charge < -0.3 is 9.15 Å². The topological polar surface area (TPSA) is 38.5 Å². The molecule has 0 unspecified atom stereocenters. The number of nitrogens with zero attached hydrogens (tertiary/aromatic N) is 2. The minimum atomic E-state index is -0.0503. The maximum absolute atomic E-state index is 6.36. The summed E-state index contributed by atoms with van der Waals surface area (Å²) >= 11 is 5.87. The van der Waals surface area contributed by atoms with E-state index in [-0.39, 0.29) is 5.60 Å². The van der Waals surface area contributed by atoms with Gasteiger partial charge in [-0.25, -0.2) is 4.98 Å². The van der Waals surface area contributed by atoms with Crippen molar-refractivity contribution >= 4 is 11.6 Å². The number of hydrogen-bond acceptors (Lipinski definition) is 4. The number of fused-ring (bicyclic) bond motifs is 3. The molecule has 3 saturated heterocycles. The van der Waals surface area contributed by atoms with E-state index in [4.69, 9.17) is 20.8 Å². The van der Waals surface area contributed by atoms with Gasteiger partial charge >= 0.3 is 0 Å². The fraction of sp³-hybridized carbons (Fsp3) is 0.471. The van der Waals surface area contributed by atoms with Gasteiger partial charge in [0.2, 0.25) is 5.88 Å². The number of piperidine rings is 3. The van der Waals surface area contributed by atoms with Crippen LogP contribution in [0.4, 0.5) is 0 Å². The van der Waals surface area contributed by atoms with Crippen LogP contribution in [0.5, 0.6) is 5.88 Å². The first-order valence-corrected chi connectivity index (χ1v) is 8.26. The minimum Gasteiger partial charge on any atom is -0.469 e. The summed E-state index contributed by atoms with van der Waals surface area (Å²) in [7, 11) is 0. The lowest BCUT2D eigenvalue weighted by Crippen LogP contribution is -2.61. The quantitative estimate of drug-likeness (QED) is 0.808. The molecule has 6 rings (SSSR count). The highest BCUT2D eigenvalue weighted by molar-refractivity contribution is 6.28. The Kier molecular flexibility index (Phi) is 2.65. The Morgan fingerprint density at radius 3 is 2.82 bits per heavy atom. The standard InChI is InChI=1S/C17H17ClN2O2/c18-15-2-1-14(21-15)12-7-11-8-17(22-16(11)19-9-12)10-20-5-3-13(17)4-6-20/h1-2,7,9,13H,3-6,8,10H2/t17-/m0/s1. The van der Waals surface area contributed by atoms with Crippen molar-refractivity contribution in [3.8, 4) is 17.2 Å². The lowest BCUT2D eigenvalue weighted by Gasteiger charge is -2.50. The average Bonchev–Trinajstić information content (AvgIpc) is 3.11. The van der Waals surface area contributed by atoms with Gasteiger partial charge in [0.15, 0.2) is 5.22 Å². The van der Waals surface area contributed by atoms with Gasteiger partial charge in [0.1, 0.15) is 11.4 Å². The predicted molar refractivity (Wildman–Crippen MR) is 83.2 cm³/mol. The molecule has 2 bridgehead atoms. The van der Waals surface area contributed by atoms with Crippen molar-refractivity contribution in [3.63, 3.8) is 0 Å². The number of furan rings is 1. The SMILES string of the molecule is Clc1ccc(-c2cnc3c(c2)C[C@@]2(CN4CCC2CC4)O3)o1. The molecule has 4 aliphatic heterocycles. The first kappa shape index (κ1) is 13.0. The number of halogens is 1. The van der Waals surface area contributed by atoms with Gasteiger partial charge in [-0.05, 0) is 55.7 Å². The molecule has 2 aromatic heterocycles. The summed E-state index contributed by atoms with van der Waals surface area (Å²) in [5.41, 5.74) is 2.11. The summed E-state index contributed by atoms with van der Waals surface area (Å²) in [6, 6.07) is 5.78. The number of pyridine rings is 1. The van der Waals surface area contributed by atoms with E-state index in [0.29, 0.717) is 11.1 Å². The molecule has 3 fully saturated rings. The van der Waals surface area contributed by atoms with Crippen molar-refractivity contribution in [2.45, 2.75) is 24.9 Å². The van der Waals surface area contributed by atoms with Gasteiger partial charge in [-0.2, -0.15) is 0 Å². The third-order valence-electron chi connectivity index (χ3n) is 5.40. The van der Waals surface area contributed by atoms with E-state index in [0.717, 1.165) is 30.2 Å². The molecule has 4 nitrogen and oxygen atoms in total. The van der Waals surface area contributed by atoms with Crippen molar-refractivity contribution < 1.29 is 9.15 Å². The molecule has 0 radical (unpaired) electrons. The van der Waals surface area contributed by atoms with Gasteiger partial charge in [0.25, 0.3) is 0 Å². The van der Waals surface area contributed by atoms with E-state index in [1.54, 1.807) is 6.07 Å². The van der Waals surface area contributed by atoms with Crippen molar-refractivity contribution in [3.05, 3.63) is 35.2 Å². The Balaban J connectivity index is 1.49. The molecule has 0 N–H and O–H groups in total. The Morgan fingerprint density at radius 2 is 2.14 bits per heavy atom. The second-order valence-corrected chi connectivity index (χ2v) is 7.06. The fourth-order valence-electron chi connectivity index (χ4n) is 4.31. The third kappa shape index (κ3) is 1.83. The van der Waals surface area contributed by atoms with E-state index >= 15 is 0 Å². The second kappa shape index (κ2) is 4.49. The van der Waals surface area contributed by atoms with Crippen LogP contribution in [-0.2, 0) is 6.42 Å². The molecule has 0 saturated carbocycles. The van der Waals surface area contributed by atoms with E-state index < -0.39 is 0 Å². The highest BCUT2D eigenvalue weighted by Gasteiger charge is 2.52. The Morgan fingerprint density at radius 1 is 1.27 bits per heavy atom. The van der Waals surface area contributed by atoms with Gasteiger partial charge in [0, 0.05) is 36.2 Å². The van der Waals surface area contributed by atoms with Gasteiger partial charge in [-0.1, -0.05) is 0 Å². The molecule has 0 aliphatic carbocycles. The highest BCUT2D eigenvalue weighted by atomic mass is 35.5. The Hall–Kier alpha value is -1.52. The van der Waals surface area contributed by atoms with Crippen LogP contribution in [0.15, 0.2) is 28.8 Å². The summed E-state index contributed by atoms with van der Waals surface area (Å²) in [5.74, 6) is 2.22. The largest absolute Gasteiger partial charge is 0.469 e. The highest BCUT2D eigenvalue weighted by Crippen LogP contribution is 2.46. The normalized spacial score (nSPS) is 32.2. The van der Waals surface area contributed by atoms with Gasteiger partial charge in [-0.15, -0.1) is 0 Å². The molecule has 5 heteroatoms. The van der Waals surface area contributed by atoms with E-state index in [9.17, 15) is 0 Å². The number of rotatable bonds is 1. The molecule has 2 aromatic rings. The summed E-state index contributed by atoms with van der Waals surface area (Å²) < 4.78 is 11.8. The van der Waals surface area contributed by atoms with Crippen LogP contribution in [0.3, 0.4) is 0 Å². The van der Waals surface area contributed by atoms with Crippen LogP contribution in [0.25, 0.3) is 11.3 Å². The first-order chi connectivity index (χ1) is 10.7.